The fourth-order valence-corrected chi connectivity index (χ4v) is 2.67. The molecule has 2 rings (SSSR count). The van der Waals surface area contributed by atoms with Crippen molar-refractivity contribution in [2.24, 2.45) is 5.92 Å². The van der Waals surface area contributed by atoms with Crippen LogP contribution in [0.3, 0.4) is 0 Å². The van der Waals surface area contributed by atoms with Gasteiger partial charge in [0.05, 0.1) is 13.1 Å². The fourth-order valence-electron chi connectivity index (χ4n) is 2.67. The third kappa shape index (κ3) is 4.29. The van der Waals surface area contributed by atoms with E-state index in [1.165, 1.54) is 6.92 Å². The lowest BCUT2D eigenvalue weighted by atomic mass is 10.1. The molecule has 0 bridgehead atoms. The Morgan fingerprint density at radius 3 is 2.86 bits per heavy atom. The maximum Gasteiger partial charge on any atom is 0.242 e. The fraction of sp³-hybridized carbons (Fsp3) is 0.643. The van der Waals surface area contributed by atoms with Gasteiger partial charge in [-0.05, 0) is 14.1 Å². The van der Waals surface area contributed by atoms with E-state index >= 15 is 0 Å². The maximum atomic E-state index is 12.3. The third-order valence-corrected chi connectivity index (χ3v) is 3.53. The molecule has 0 aromatic carbocycles. The molecule has 0 fully saturated rings. The van der Waals surface area contributed by atoms with Crippen molar-refractivity contribution in [2.45, 2.75) is 20.0 Å². The van der Waals surface area contributed by atoms with Crippen molar-refractivity contribution in [1.82, 2.24) is 24.7 Å². The van der Waals surface area contributed by atoms with Gasteiger partial charge in [0.2, 0.25) is 11.8 Å². The van der Waals surface area contributed by atoms with Crippen molar-refractivity contribution in [2.75, 3.05) is 33.7 Å². The molecule has 21 heavy (non-hydrogen) atoms. The molecule has 116 valence electrons. The number of nitrogens with zero attached hydrogens (tertiary/aromatic N) is 4. The first-order valence-electron chi connectivity index (χ1n) is 7.12. The van der Waals surface area contributed by atoms with Crippen LogP contribution >= 0.6 is 0 Å². The van der Waals surface area contributed by atoms with Crippen LogP contribution in [0.25, 0.3) is 0 Å². The van der Waals surface area contributed by atoms with Gasteiger partial charge < -0.3 is 19.7 Å². The minimum atomic E-state index is -0.190. The van der Waals surface area contributed by atoms with Crippen LogP contribution < -0.4 is 5.32 Å². The SMILES string of the molecule is CC(=O)NCC(=O)N1Cc2nccn2C[C@H](CN(C)C)C1. The molecular formula is C14H23N5O2. The van der Waals surface area contributed by atoms with Gasteiger partial charge in [-0.25, -0.2) is 4.98 Å². The Bertz CT molecular complexity index is 511. The molecule has 1 atom stereocenters. The number of nitrogens with one attached hydrogen (secondary N) is 1. The quantitative estimate of drug-likeness (QED) is 0.815. The van der Waals surface area contributed by atoms with E-state index in [0.717, 1.165) is 18.9 Å². The Balaban J connectivity index is 2.09. The second kappa shape index (κ2) is 6.71. The van der Waals surface area contributed by atoms with E-state index in [2.05, 4.69) is 19.8 Å². The number of fused-ring (bicyclic) bond motifs is 1. The van der Waals surface area contributed by atoms with Crippen LogP contribution in [0, 0.1) is 5.92 Å². The molecule has 1 aromatic rings. The number of aromatic nitrogens is 2. The van der Waals surface area contributed by atoms with E-state index in [1.54, 1.807) is 11.1 Å². The van der Waals surface area contributed by atoms with Crippen molar-refractivity contribution in [1.29, 1.82) is 0 Å². The molecule has 0 unspecified atom stereocenters. The molecule has 1 N–H and O–H groups in total. The van der Waals surface area contributed by atoms with Gasteiger partial charge in [0, 0.05) is 44.9 Å². The van der Waals surface area contributed by atoms with E-state index in [1.807, 2.05) is 20.3 Å². The second-order valence-corrected chi connectivity index (χ2v) is 5.81. The van der Waals surface area contributed by atoms with Crippen LogP contribution in [-0.2, 0) is 22.7 Å². The standard InChI is InChI=1S/C14H23N5O2/c1-11(20)16-6-14(21)19-9-12(7-17(2)3)8-18-5-4-15-13(18)10-19/h4-5,12H,6-10H2,1-3H3,(H,16,20)/t12-/m0/s1. The highest BCUT2D eigenvalue weighted by molar-refractivity contribution is 5.83. The van der Waals surface area contributed by atoms with Crippen LogP contribution in [0.1, 0.15) is 12.7 Å². The Kier molecular flexibility index (Phi) is 4.95. The predicted molar refractivity (Wildman–Crippen MR) is 78.4 cm³/mol. The molecule has 0 spiro atoms. The molecule has 0 radical (unpaired) electrons. The van der Waals surface area contributed by atoms with Gasteiger partial charge >= 0.3 is 0 Å². The molecule has 0 saturated carbocycles. The molecule has 1 aliphatic rings. The Hall–Kier alpha value is -1.89. The molecule has 2 amide bonds. The lowest BCUT2D eigenvalue weighted by molar-refractivity contribution is -0.133. The molecule has 2 heterocycles. The monoisotopic (exact) mass is 293 g/mol. The molecule has 7 nitrogen and oxygen atoms in total. The largest absolute Gasteiger partial charge is 0.347 e. The highest BCUT2D eigenvalue weighted by atomic mass is 16.2. The third-order valence-electron chi connectivity index (χ3n) is 3.53. The van der Waals surface area contributed by atoms with E-state index in [0.29, 0.717) is 19.0 Å². The summed E-state index contributed by atoms with van der Waals surface area (Å²) >= 11 is 0. The molecular weight excluding hydrogens is 270 g/mol. The van der Waals surface area contributed by atoms with Crippen molar-refractivity contribution in [3.8, 4) is 0 Å². The number of amides is 2. The van der Waals surface area contributed by atoms with Crippen LogP contribution in [-0.4, -0.2) is 64.9 Å². The van der Waals surface area contributed by atoms with Gasteiger partial charge in [-0.1, -0.05) is 0 Å². The summed E-state index contributed by atoms with van der Waals surface area (Å²) in [6.45, 7) is 4.40. The van der Waals surface area contributed by atoms with Gasteiger partial charge in [0.15, 0.2) is 0 Å². The summed E-state index contributed by atoms with van der Waals surface area (Å²) in [5, 5.41) is 2.57. The number of hydrogen-bond acceptors (Lipinski definition) is 4. The van der Waals surface area contributed by atoms with Gasteiger partial charge in [-0.3, -0.25) is 9.59 Å². The number of hydrogen-bond donors (Lipinski definition) is 1. The maximum absolute atomic E-state index is 12.3. The number of rotatable bonds is 4. The first-order valence-corrected chi connectivity index (χ1v) is 7.12. The lowest BCUT2D eigenvalue weighted by Crippen LogP contribution is -2.42. The summed E-state index contributed by atoms with van der Waals surface area (Å²) in [7, 11) is 4.06. The first kappa shape index (κ1) is 15.5. The first-order chi connectivity index (χ1) is 9.95. The van der Waals surface area contributed by atoms with E-state index < -0.39 is 0 Å². The predicted octanol–water partition coefficient (Wildman–Crippen LogP) is -0.461. The van der Waals surface area contributed by atoms with Gasteiger partial charge in [0.1, 0.15) is 5.82 Å². The topological polar surface area (TPSA) is 70.5 Å². The van der Waals surface area contributed by atoms with Crippen LogP contribution in [0.2, 0.25) is 0 Å². The average Bonchev–Trinajstić information content (AvgIpc) is 2.74. The number of imidazole rings is 1. The zero-order valence-electron chi connectivity index (χ0n) is 12.9. The molecule has 1 aromatic heterocycles. The van der Waals surface area contributed by atoms with Crippen LogP contribution in [0.15, 0.2) is 12.4 Å². The summed E-state index contributed by atoms with van der Waals surface area (Å²) in [6.07, 6.45) is 3.73. The zero-order chi connectivity index (χ0) is 15.4. The minimum absolute atomic E-state index is 0.0464. The number of carbonyl (C=O) groups excluding carboxylic acids is 2. The smallest absolute Gasteiger partial charge is 0.242 e. The summed E-state index contributed by atoms with van der Waals surface area (Å²) in [4.78, 5) is 31.5. The Morgan fingerprint density at radius 1 is 1.43 bits per heavy atom. The molecule has 0 aliphatic carbocycles. The summed E-state index contributed by atoms with van der Waals surface area (Å²) < 4.78 is 2.11. The summed E-state index contributed by atoms with van der Waals surface area (Å²) in [6, 6.07) is 0. The lowest BCUT2D eigenvalue weighted by Gasteiger charge is -2.26. The van der Waals surface area contributed by atoms with Gasteiger partial charge in [-0.2, -0.15) is 0 Å². The van der Waals surface area contributed by atoms with Crippen molar-refractivity contribution < 1.29 is 9.59 Å². The normalized spacial score (nSPS) is 18.3. The van der Waals surface area contributed by atoms with Crippen molar-refractivity contribution >= 4 is 11.8 Å². The highest BCUT2D eigenvalue weighted by Crippen LogP contribution is 2.16. The Labute approximate surface area is 124 Å². The highest BCUT2D eigenvalue weighted by Gasteiger charge is 2.25. The molecule has 7 heteroatoms. The molecule has 0 saturated heterocycles. The summed E-state index contributed by atoms with van der Waals surface area (Å²) in [5.41, 5.74) is 0. The average molecular weight is 293 g/mol. The molecule has 1 aliphatic heterocycles. The van der Waals surface area contributed by atoms with E-state index in [-0.39, 0.29) is 18.4 Å². The van der Waals surface area contributed by atoms with Crippen molar-refractivity contribution in [3.63, 3.8) is 0 Å². The second-order valence-electron chi connectivity index (χ2n) is 5.81. The summed E-state index contributed by atoms with van der Waals surface area (Å²) in [5.74, 6) is 0.985. The zero-order valence-corrected chi connectivity index (χ0v) is 12.9. The van der Waals surface area contributed by atoms with E-state index in [9.17, 15) is 9.59 Å². The van der Waals surface area contributed by atoms with Gasteiger partial charge in [0.25, 0.3) is 0 Å². The van der Waals surface area contributed by atoms with Crippen LogP contribution in [0.5, 0.6) is 0 Å². The Morgan fingerprint density at radius 2 is 2.19 bits per heavy atom. The number of carbonyl (C=O) groups is 2. The van der Waals surface area contributed by atoms with E-state index in [4.69, 9.17) is 0 Å². The van der Waals surface area contributed by atoms with Crippen molar-refractivity contribution in [3.05, 3.63) is 18.2 Å². The van der Waals surface area contributed by atoms with Gasteiger partial charge in [-0.15, -0.1) is 0 Å². The minimum Gasteiger partial charge on any atom is -0.347 e. The van der Waals surface area contributed by atoms with Crippen LogP contribution in [0.4, 0.5) is 0 Å².